The van der Waals surface area contributed by atoms with Gasteiger partial charge in [0.2, 0.25) is 0 Å². The summed E-state index contributed by atoms with van der Waals surface area (Å²) in [6.45, 7) is 1.93. The van der Waals surface area contributed by atoms with Gasteiger partial charge < -0.3 is 9.47 Å². The quantitative estimate of drug-likeness (QED) is 0.428. The molecule has 2 aliphatic carbocycles. The van der Waals surface area contributed by atoms with Gasteiger partial charge in [-0.25, -0.2) is 0 Å². The smallest absolute Gasteiger partial charge is 0.119 e. The van der Waals surface area contributed by atoms with E-state index in [0.29, 0.717) is 0 Å². The lowest BCUT2D eigenvalue weighted by Crippen LogP contribution is -2.12. The molecule has 0 amide bonds. The zero-order valence-corrected chi connectivity index (χ0v) is 11.6. The van der Waals surface area contributed by atoms with Crippen molar-refractivity contribution in [2.75, 3.05) is 14.2 Å². The van der Waals surface area contributed by atoms with Gasteiger partial charge in [0, 0.05) is 28.0 Å². The molecule has 0 heterocycles. The summed E-state index contributed by atoms with van der Waals surface area (Å²) in [4.78, 5) is 2.87. The Balaban J connectivity index is 2.28. The molecule has 2 rings (SSSR count). The fraction of sp³-hybridized carbons (Fsp3) is 0.571. The Morgan fingerprint density at radius 3 is 2.79 bits per heavy atom. The summed E-state index contributed by atoms with van der Waals surface area (Å²) in [5.41, 5.74) is 10.9. The first-order chi connectivity index (χ1) is 9.21. The van der Waals surface area contributed by atoms with Gasteiger partial charge in [-0.3, -0.25) is 0 Å². The Morgan fingerprint density at radius 2 is 2.16 bits per heavy atom. The van der Waals surface area contributed by atoms with Crippen LogP contribution in [0.25, 0.3) is 10.4 Å². The fourth-order valence-electron chi connectivity index (χ4n) is 2.84. The predicted molar refractivity (Wildman–Crippen MR) is 73.2 cm³/mol. The van der Waals surface area contributed by atoms with E-state index in [1.54, 1.807) is 14.2 Å². The van der Waals surface area contributed by atoms with E-state index < -0.39 is 0 Å². The third kappa shape index (κ3) is 2.61. The molecule has 0 aliphatic heterocycles. The van der Waals surface area contributed by atoms with E-state index in [9.17, 15) is 0 Å². The SMILES string of the molecule is COC1=CC(CC(C)N=[N+]=[N-])C2=C1CCC=C2OC. The van der Waals surface area contributed by atoms with E-state index >= 15 is 0 Å². The first kappa shape index (κ1) is 13.6. The van der Waals surface area contributed by atoms with Crippen molar-refractivity contribution in [3.05, 3.63) is 45.3 Å². The van der Waals surface area contributed by atoms with Crippen LogP contribution in [0, 0.1) is 5.92 Å². The summed E-state index contributed by atoms with van der Waals surface area (Å²) in [6.07, 6.45) is 6.97. The minimum Gasteiger partial charge on any atom is -0.497 e. The van der Waals surface area contributed by atoms with Crippen molar-refractivity contribution in [3.8, 4) is 0 Å². The maximum absolute atomic E-state index is 8.51. The van der Waals surface area contributed by atoms with Crippen LogP contribution in [0.4, 0.5) is 0 Å². The zero-order chi connectivity index (χ0) is 13.8. The molecule has 5 nitrogen and oxygen atoms in total. The highest BCUT2D eigenvalue weighted by molar-refractivity contribution is 5.51. The van der Waals surface area contributed by atoms with Crippen molar-refractivity contribution in [1.82, 2.24) is 0 Å². The lowest BCUT2D eigenvalue weighted by Gasteiger charge is -2.22. The minimum atomic E-state index is -0.0451. The standard InChI is InChI=1S/C14H19N3O2/c1-9(16-17-15)7-10-8-13(19-3)11-5-4-6-12(18-2)14(10)11/h6,8-10H,4-5,7H2,1-3H3. The number of methoxy groups -OCH3 is 2. The lowest BCUT2D eigenvalue weighted by atomic mass is 9.88. The largest absolute Gasteiger partial charge is 0.497 e. The van der Waals surface area contributed by atoms with E-state index in [1.165, 1.54) is 11.1 Å². The second-order valence-corrected chi connectivity index (χ2v) is 4.83. The number of hydrogen-bond donors (Lipinski definition) is 0. The number of allylic oxidation sites excluding steroid dienone is 4. The molecule has 2 aliphatic rings. The first-order valence-electron chi connectivity index (χ1n) is 6.49. The minimum absolute atomic E-state index is 0.0451. The van der Waals surface area contributed by atoms with Crippen LogP contribution in [0.1, 0.15) is 26.2 Å². The molecule has 0 aromatic carbocycles. The van der Waals surface area contributed by atoms with Crippen LogP contribution >= 0.6 is 0 Å². The average molecular weight is 261 g/mol. The topological polar surface area (TPSA) is 67.2 Å². The van der Waals surface area contributed by atoms with Crippen molar-refractivity contribution in [3.63, 3.8) is 0 Å². The van der Waals surface area contributed by atoms with Gasteiger partial charge in [-0.15, -0.1) is 0 Å². The summed E-state index contributed by atoms with van der Waals surface area (Å²) < 4.78 is 10.9. The van der Waals surface area contributed by atoms with Crippen molar-refractivity contribution in [2.24, 2.45) is 11.0 Å². The van der Waals surface area contributed by atoms with Crippen LogP contribution in [0.15, 0.2) is 39.9 Å². The third-order valence-corrected chi connectivity index (χ3v) is 3.62. The molecule has 0 saturated carbocycles. The number of ether oxygens (including phenoxy) is 2. The molecule has 0 aromatic rings. The van der Waals surface area contributed by atoms with E-state index in [-0.39, 0.29) is 12.0 Å². The summed E-state index contributed by atoms with van der Waals surface area (Å²) in [5.74, 6) is 2.08. The second-order valence-electron chi connectivity index (χ2n) is 4.83. The van der Waals surface area contributed by atoms with Crippen molar-refractivity contribution in [2.45, 2.75) is 32.2 Å². The highest BCUT2D eigenvalue weighted by atomic mass is 16.5. The molecular formula is C14H19N3O2. The third-order valence-electron chi connectivity index (χ3n) is 3.62. The predicted octanol–water partition coefficient (Wildman–Crippen LogP) is 3.86. The van der Waals surface area contributed by atoms with Crippen LogP contribution in [-0.4, -0.2) is 20.3 Å². The molecule has 19 heavy (non-hydrogen) atoms. The Labute approximate surface area is 113 Å². The van der Waals surface area contributed by atoms with Gasteiger partial charge in [0.25, 0.3) is 0 Å². The van der Waals surface area contributed by atoms with Gasteiger partial charge in [0.1, 0.15) is 11.5 Å². The van der Waals surface area contributed by atoms with Crippen LogP contribution in [-0.2, 0) is 9.47 Å². The van der Waals surface area contributed by atoms with Crippen molar-refractivity contribution in [1.29, 1.82) is 0 Å². The molecule has 0 radical (unpaired) electrons. The lowest BCUT2D eigenvalue weighted by molar-refractivity contribution is 0.285. The van der Waals surface area contributed by atoms with Gasteiger partial charge in [0.05, 0.1) is 14.2 Å². The van der Waals surface area contributed by atoms with Crippen LogP contribution in [0.3, 0.4) is 0 Å². The fourth-order valence-corrected chi connectivity index (χ4v) is 2.84. The number of hydrogen-bond acceptors (Lipinski definition) is 3. The molecule has 0 N–H and O–H groups in total. The molecule has 0 aromatic heterocycles. The van der Waals surface area contributed by atoms with E-state index in [2.05, 4.69) is 22.2 Å². The van der Waals surface area contributed by atoms with Crippen LogP contribution in [0.2, 0.25) is 0 Å². The number of nitrogens with zero attached hydrogens (tertiary/aromatic N) is 3. The number of rotatable bonds is 5. The Morgan fingerprint density at radius 1 is 1.42 bits per heavy atom. The number of azide groups is 1. The average Bonchev–Trinajstić information content (AvgIpc) is 2.77. The Hall–Kier alpha value is -1.87. The van der Waals surface area contributed by atoms with Gasteiger partial charge in [0.15, 0.2) is 0 Å². The summed E-state index contributed by atoms with van der Waals surface area (Å²) >= 11 is 0. The summed E-state index contributed by atoms with van der Waals surface area (Å²) in [5, 5.41) is 3.76. The summed E-state index contributed by atoms with van der Waals surface area (Å²) in [7, 11) is 3.39. The van der Waals surface area contributed by atoms with Crippen molar-refractivity contribution >= 4 is 0 Å². The zero-order valence-electron chi connectivity index (χ0n) is 11.6. The van der Waals surface area contributed by atoms with E-state index in [0.717, 1.165) is 30.8 Å². The highest BCUT2D eigenvalue weighted by Gasteiger charge is 2.32. The first-order valence-corrected chi connectivity index (χ1v) is 6.49. The molecule has 102 valence electrons. The highest BCUT2D eigenvalue weighted by Crippen LogP contribution is 2.43. The summed E-state index contributed by atoms with van der Waals surface area (Å²) in [6, 6.07) is -0.0451. The van der Waals surface area contributed by atoms with Gasteiger partial charge >= 0.3 is 0 Å². The van der Waals surface area contributed by atoms with Gasteiger partial charge in [-0.2, -0.15) is 0 Å². The molecule has 0 fully saturated rings. The van der Waals surface area contributed by atoms with E-state index in [4.69, 9.17) is 15.0 Å². The Bertz CT molecular complexity index is 499. The molecule has 0 spiro atoms. The monoisotopic (exact) mass is 261 g/mol. The second kappa shape index (κ2) is 5.85. The maximum Gasteiger partial charge on any atom is 0.119 e. The van der Waals surface area contributed by atoms with Gasteiger partial charge in [-0.05, 0) is 36.9 Å². The molecule has 0 bridgehead atoms. The van der Waals surface area contributed by atoms with Crippen molar-refractivity contribution < 1.29 is 9.47 Å². The van der Waals surface area contributed by atoms with E-state index in [1.807, 2.05) is 6.92 Å². The Kier molecular flexibility index (Phi) is 4.17. The molecule has 0 saturated heterocycles. The van der Waals surface area contributed by atoms with Gasteiger partial charge in [-0.1, -0.05) is 12.0 Å². The molecular weight excluding hydrogens is 242 g/mol. The maximum atomic E-state index is 8.51. The molecule has 5 heteroatoms. The van der Waals surface area contributed by atoms with Crippen LogP contribution < -0.4 is 0 Å². The molecule has 2 unspecified atom stereocenters. The molecule has 2 atom stereocenters. The normalized spacial score (nSPS) is 23.0. The van der Waals surface area contributed by atoms with Crippen LogP contribution in [0.5, 0.6) is 0 Å².